The fraction of sp³-hybridized carbons (Fsp3) is 0.214. The van der Waals surface area contributed by atoms with Gasteiger partial charge in [0.1, 0.15) is 11.4 Å². The van der Waals surface area contributed by atoms with Gasteiger partial charge in [-0.1, -0.05) is 29.8 Å². The molecule has 1 atom stereocenters. The molecule has 0 fully saturated rings. The largest absolute Gasteiger partial charge is 0.493 e. The zero-order valence-corrected chi connectivity index (χ0v) is 20.3. The van der Waals surface area contributed by atoms with E-state index in [9.17, 15) is 14.0 Å². The molecule has 1 amide bonds. The second-order valence-electron chi connectivity index (χ2n) is 8.59. The van der Waals surface area contributed by atoms with Gasteiger partial charge in [0.25, 0.3) is 5.91 Å². The second-order valence-corrected chi connectivity index (χ2v) is 8.59. The molecule has 0 N–H and O–H groups in total. The van der Waals surface area contributed by atoms with E-state index in [1.54, 1.807) is 17.0 Å². The van der Waals surface area contributed by atoms with Crippen LogP contribution in [0.1, 0.15) is 38.9 Å². The minimum absolute atomic E-state index is 0.0648. The molecule has 0 radical (unpaired) electrons. The van der Waals surface area contributed by atoms with Gasteiger partial charge in [0.05, 0.1) is 38.3 Å². The molecule has 5 rings (SSSR count). The van der Waals surface area contributed by atoms with Crippen molar-refractivity contribution < 1.29 is 27.8 Å². The Morgan fingerprint density at radius 2 is 1.58 bits per heavy atom. The molecule has 0 aliphatic carbocycles. The van der Waals surface area contributed by atoms with Gasteiger partial charge in [-0.05, 0) is 48.4 Å². The molecule has 1 aliphatic rings. The Kier molecular flexibility index (Phi) is 5.88. The number of ether oxygens (including phenoxy) is 3. The predicted molar refractivity (Wildman–Crippen MR) is 131 cm³/mol. The van der Waals surface area contributed by atoms with Crippen molar-refractivity contribution in [1.82, 2.24) is 4.90 Å². The smallest absolute Gasteiger partial charge is 0.291 e. The molecule has 1 aliphatic heterocycles. The summed E-state index contributed by atoms with van der Waals surface area (Å²) in [5.74, 6) is 0.0575. The molecule has 36 heavy (non-hydrogen) atoms. The Balaban J connectivity index is 1.76. The summed E-state index contributed by atoms with van der Waals surface area (Å²) in [5.41, 5.74) is 2.34. The van der Waals surface area contributed by atoms with Gasteiger partial charge < -0.3 is 23.5 Å². The summed E-state index contributed by atoms with van der Waals surface area (Å²) in [7, 11) is 4.47. The number of hydrogen-bond donors (Lipinski definition) is 0. The molecule has 3 aromatic carbocycles. The Morgan fingerprint density at radius 3 is 2.19 bits per heavy atom. The van der Waals surface area contributed by atoms with E-state index in [1.807, 2.05) is 31.2 Å². The second kappa shape index (κ2) is 9.03. The summed E-state index contributed by atoms with van der Waals surface area (Å²) in [6, 6.07) is 14.0. The third-order valence-corrected chi connectivity index (χ3v) is 6.40. The summed E-state index contributed by atoms with van der Waals surface area (Å²) < 4.78 is 36.4. The molecule has 0 bridgehead atoms. The number of carbonyl (C=O) groups is 1. The van der Waals surface area contributed by atoms with Gasteiger partial charge in [-0.15, -0.1) is 0 Å². The molecule has 7 nitrogen and oxygen atoms in total. The number of benzene rings is 3. The highest BCUT2D eigenvalue weighted by molar-refractivity contribution is 5.99. The monoisotopic (exact) mass is 489 g/mol. The third-order valence-electron chi connectivity index (χ3n) is 6.40. The average molecular weight is 489 g/mol. The summed E-state index contributed by atoms with van der Waals surface area (Å²) in [6.07, 6.45) is 0. The van der Waals surface area contributed by atoms with Crippen LogP contribution in [0.3, 0.4) is 0 Å². The number of fused-ring (bicyclic) bond motifs is 2. The molecule has 1 aromatic heterocycles. The Hall–Kier alpha value is -4.33. The highest BCUT2D eigenvalue weighted by atomic mass is 19.1. The van der Waals surface area contributed by atoms with Crippen molar-refractivity contribution in [2.45, 2.75) is 19.5 Å². The van der Waals surface area contributed by atoms with Gasteiger partial charge in [0.15, 0.2) is 16.9 Å². The van der Waals surface area contributed by atoms with E-state index in [4.69, 9.17) is 18.6 Å². The first-order chi connectivity index (χ1) is 17.4. The van der Waals surface area contributed by atoms with E-state index in [0.717, 1.165) is 17.2 Å². The van der Waals surface area contributed by atoms with E-state index < -0.39 is 23.2 Å². The molecule has 8 heteroatoms. The number of amides is 1. The Labute approximate surface area is 206 Å². The lowest BCUT2D eigenvalue weighted by Crippen LogP contribution is -2.29. The highest BCUT2D eigenvalue weighted by Gasteiger charge is 2.43. The molecule has 4 aromatic rings. The topological polar surface area (TPSA) is 78.2 Å². The zero-order valence-electron chi connectivity index (χ0n) is 20.3. The number of carbonyl (C=O) groups excluding carboxylic acids is 1. The van der Waals surface area contributed by atoms with E-state index in [1.165, 1.54) is 33.5 Å². The number of rotatable bonds is 6. The quantitative estimate of drug-likeness (QED) is 0.379. The zero-order chi connectivity index (χ0) is 25.6. The van der Waals surface area contributed by atoms with Crippen LogP contribution in [0.5, 0.6) is 17.2 Å². The SMILES string of the molecule is COc1cc(C2c3c(oc4ccc(F)cc4c3=O)C(=O)N2Cc2ccc(C)cc2)cc(OC)c1OC. The van der Waals surface area contributed by atoms with Crippen LogP contribution in [-0.4, -0.2) is 32.1 Å². The molecule has 2 heterocycles. The number of hydrogen-bond acceptors (Lipinski definition) is 6. The maximum absolute atomic E-state index is 14.0. The van der Waals surface area contributed by atoms with Crippen LogP contribution in [0.15, 0.2) is 63.8 Å². The fourth-order valence-electron chi connectivity index (χ4n) is 4.65. The Morgan fingerprint density at radius 1 is 0.917 bits per heavy atom. The van der Waals surface area contributed by atoms with Crippen LogP contribution in [0.2, 0.25) is 0 Å². The van der Waals surface area contributed by atoms with E-state index in [-0.39, 0.29) is 28.8 Å². The lowest BCUT2D eigenvalue weighted by Gasteiger charge is -2.26. The highest BCUT2D eigenvalue weighted by Crippen LogP contribution is 2.45. The van der Waals surface area contributed by atoms with Crippen LogP contribution in [-0.2, 0) is 6.54 Å². The lowest BCUT2D eigenvalue weighted by molar-refractivity contribution is 0.0714. The van der Waals surface area contributed by atoms with Crippen molar-refractivity contribution >= 4 is 16.9 Å². The predicted octanol–water partition coefficient (Wildman–Crippen LogP) is 5.01. The molecule has 0 saturated heterocycles. The summed E-state index contributed by atoms with van der Waals surface area (Å²) >= 11 is 0. The number of methoxy groups -OCH3 is 3. The third kappa shape index (κ3) is 3.75. The van der Waals surface area contributed by atoms with Gasteiger partial charge in [-0.2, -0.15) is 0 Å². The van der Waals surface area contributed by atoms with Gasteiger partial charge in [0, 0.05) is 6.54 Å². The maximum Gasteiger partial charge on any atom is 0.291 e. The van der Waals surface area contributed by atoms with Crippen molar-refractivity contribution in [3.8, 4) is 17.2 Å². The summed E-state index contributed by atoms with van der Waals surface area (Å²) in [4.78, 5) is 28.9. The van der Waals surface area contributed by atoms with E-state index in [2.05, 4.69) is 0 Å². The van der Waals surface area contributed by atoms with E-state index >= 15 is 0 Å². The van der Waals surface area contributed by atoms with Crippen molar-refractivity contribution in [3.05, 3.63) is 98.7 Å². The van der Waals surface area contributed by atoms with Gasteiger partial charge in [-0.3, -0.25) is 9.59 Å². The lowest BCUT2D eigenvalue weighted by atomic mass is 9.97. The van der Waals surface area contributed by atoms with E-state index in [0.29, 0.717) is 22.8 Å². The normalized spacial score (nSPS) is 14.8. The first-order valence-electron chi connectivity index (χ1n) is 11.3. The summed E-state index contributed by atoms with van der Waals surface area (Å²) in [6.45, 7) is 2.20. The number of halogens is 1. The summed E-state index contributed by atoms with van der Waals surface area (Å²) in [5, 5.41) is 0.0659. The van der Waals surface area contributed by atoms with Gasteiger partial charge in [-0.25, -0.2) is 4.39 Å². The van der Waals surface area contributed by atoms with Gasteiger partial charge >= 0.3 is 0 Å². The number of nitrogens with zero attached hydrogens (tertiary/aromatic N) is 1. The van der Waals surface area contributed by atoms with Crippen LogP contribution >= 0.6 is 0 Å². The molecule has 184 valence electrons. The van der Waals surface area contributed by atoms with Crippen LogP contribution in [0.25, 0.3) is 11.0 Å². The molecular formula is C28H24FNO6. The van der Waals surface area contributed by atoms with Crippen LogP contribution in [0.4, 0.5) is 4.39 Å². The molecular weight excluding hydrogens is 465 g/mol. The van der Waals surface area contributed by atoms with Crippen molar-refractivity contribution in [2.75, 3.05) is 21.3 Å². The minimum Gasteiger partial charge on any atom is -0.493 e. The number of aryl methyl sites for hydroxylation is 1. The first kappa shape index (κ1) is 23.4. The van der Waals surface area contributed by atoms with Crippen LogP contribution < -0.4 is 19.6 Å². The fourth-order valence-corrected chi connectivity index (χ4v) is 4.65. The minimum atomic E-state index is -0.827. The maximum atomic E-state index is 14.0. The molecule has 0 saturated carbocycles. The molecule has 0 spiro atoms. The average Bonchev–Trinajstić information content (AvgIpc) is 3.16. The van der Waals surface area contributed by atoms with Crippen molar-refractivity contribution in [1.29, 1.82) is 0 Å². The standard InChI is InChI=1S/C28H24FNO6/c1-15-5-7-16(8-6-15)14-30-24(17-11-21(33-2)26(35-4)22(12-17)34-3)23-25(31)19-13-18(29)9-10-20(19)36-27(23)28(30)32/h5-13,24H,14H2,1-4H3. The first-order valence-corrected chi connectivity index (χ1v) is 11.3. The van der Waals surface area contributed by atoms with Gasteiger partial charge in [0.2, 0.25) is 11.5 Å². The Bertz CT molecular complexity index is 1520. The van der Waals surface area contributed by atoms with Crippen LogP contribution in [0, 0.1) is 12.7 Å². The molecule has 1 unspecified atom stereocenters. The van der Waals surface area contributed by atoms with Crippen molar-refractivity contribution in [2.24, 2.45) is 0 Å². The van der Waals surface area contributed by atoms with Crippen molar-refractivity contribution in [3.63, 3.8) is 0 Å².